The largest absolute Gasteiger partial charge is 0.433 e. The molecule has 0 aliphatic carbocycles. The van der Waals surface area contributed by atoms with Gasteiger partial charge >= 0.3 is 5.97 Å². The molecule has 0 aliphatic heterocycles. The molecular formula is C21H40O5. The second-order valence-corrected chi connectivity index (χ2v) is 7.14. The maximum atomic E-state index is 11.4. The van der Waals surface area contributed by atoms with Crippen LogP contribution in [-0.2, 0) is 9.53 Å². The summed E-state index contributed by atoms with van der Waals surface area (Å²) in [7, 11) is 0. The molecule has 0 spiro atoms. The summed E-state index contributed by atoms with van der Waals surface area (Å²) in [5.41, 5.74) is 0. The van der Waals surface area contributed by atoms with Crippen LogP contribution in [0.4, 0.5) is 0 Å². The molecule has 5 heteroatoms. The molecule has 154 valence electrons. The van der Waals surface area contributed by atoms with E-state index in [0.29, 0.717) is 0 Å². The Balaban J connectivity index is 3.41. The van der Waals surface area contributed by atoms with Crippen LogP contribution in [0.5, 0.6) is 0 Å². The minimum Gasteiger partial charge on any atom is -0.433 e. The van der Waals surface area contributed by atoms with Gasteiger partial charge < -0.3 is 20.1 Å². The summed E-state index contributed by atoms with van der Waals surface area (Å²) in [5.74, 6) is -0.463. The van der Waals surface area contributed by atoms with Crippen molar-refractivity contribution in [2.24, 2.45) is 0 Å². The fourth-order valence-corrected chi connectivity index (χ4v) is 2.65. The van der Waals surface area contributed by atoms with Gasteiger partial charge in [0, 0.05) is 6.42 Å². The van der Waals surface area contributed by atoms with Crippen LogP contribution in [0.15, 0.2) is 12.2 Å². The summed E-state index contributed by atoms with van der Waals surface area (Å²) < 4.78 is 4.68. The van der Waals surface area contributed by atoms with Gasteiger partial charge in [-0.2, -0.15) is 0 Å². The van der Waals surface area contributed by atoms with Crippen LogP contribution in [0, 0.1) is 0 Å². The first-order valence-corrected chi connectivity index (χ1v) is 10.4. The number of rotatable bonds is 17. The number of carbonyl (C=O) groups is 1. The summed E-state index contributed by atoms with van der Waals surface area (Å²) in [6.45, 7) is 3.57. The topological polar surface area (TPSA) is 87.0 Å². The maximum absolute atomic E-state index is 11.4. The molecule has 0 amide bonds. The first kappa shape index (κ1) is 25.1. The molecule has 0 fully saturated rings. The Kier molecular flexibility index (Phi) is 16.9. The van der Waals surface area contributed by atoms with Crippen molar-refractivity contribution in [2.45, 2.75) is 116 Å². The number of hydrogen-bond donors (Lipinski definition) is 3. The molecule has 0 aliphatic rings. The van der Waals surface area contributed by atoms with Gasteiger partial charge in [0.1, 0.15) is 6.10 Å². The fourth-order valence-electron chi connectivity index (χ4n) is 2.65. The molecule has 2 unspecified atom stereocenters. The molecule has 3 N–H and O–H groups in total. The molecule has 0 aromatic carbocycles. The average molecular weight is 373 g/mol. The molecule has 0 aromatic heterocycles. The Morgan fingerprint density at radius 2 is 1.58 bits per heavy atom. The number of allylic oxidation sites excluding steroid dienone is 1. The first-order chi connectivity index (χ1) is 12.5. The molecule has 26 heavy (non-hydrogen) atoms. The quantitative estimate of drug-likeness (QED) is 0.154. The highest BCUT2D eigenvalue weighted by Gasteiger charge is 2.15. The van der Waals surface area contributed by atoms with Crippen molar-refractivity contribution in [1.29, 1.82) is 0 Å². The van der Waals surface area contributed by atoms with Crippen LogP contribution < -0.4 is 0 Å². The van der Waals surface area contributed by atoms with Crippen molar-refractivity contribution < 1.29 is 24.9 Å². The highest BCUT2D eigenvalue weighted by molar-refractivity contribution is 5.69. The van der Waals surface area contributed by atoms with Gasteiger partial charge in [0.25, 0.3) is 0 Å². The summed E-state index contributed by atoms with van der Waals surface area (Å²) in [6, 6.07) is 0. The zero-order chi connectivity index (χ0) is 19.6. The lowest BCUT2D eigenvalue weighted by molar-refractivity contribution is -0.184. The molecule has 0 saturated heterocycles. The zero-order valence-electron chi connectivity index (χ0n) is 16.7. The Bertz CT molecular complexity index is 354. The molecule has 3 atom stereocenters. The molecule has 0 heterocycles. The van der Waals surface area contributed by atoms with E-state index in [4.69, 9.17) is 5.11 Å². The van der Waals surface area contributed by atoms with Crippen molar-refractivity contribution in [3.05, 3.63) is 12.2 Å². The molecular weight excluding hydrogens is 332 g/mol. The predicted molar refractivity (Wildman–Crippen MR) is 105 cm³/mol. The predicted octanol–water partition coefficient (Wildman–Crippen LogP) is 4.24. The van der Waals surface area contributed by atoms with Crippen LogP contribution in [0.1, 0.15) is 97.3 Å². The van der Waals surface area contributed by atoms with E-state index in [-0.39, 0.29) is 12.5 Å². The van der Waals surface area contributed by atoms with E-state index in [2.05, 4.69) is 23.8 Å². The minimum absolute atomic E-state index is 0.199. The van der Waals surface area contributed by atoms with Gasteiger partial charge in [0.2, 0.25) is 6.29 Å². The summed E-state index contributed by atoms with van der Waals surface area (Å²) in [5, 5.41) is 28.1. The van der Waals surface area contributed by atoms with Gasteiger partial charge in [-0.3, -0.25) is 4.79 Å². The second kappa shape index (κ2) is 17.5. The number of unbranched alkanes of at least 4 members (excludes halogenated alkanes) is 8. The number of ether oxygens (including phenoxy) is 1. The van der Waals surface area contributed by atoms with E-state index in [9.17, 15) is 15.0 Å². The van der Waals surface area contributed by atoms with Crippen LogP contribution in [-0.4, -0.2) is 39.8 Å². The molecule has 0 radical (unpaired) electrons. The van der Waals surface area contributed by atoms with Gasteiger partial charge in [0.05, 0.1) is 6.10 Å². The van der Waals surface area contributed by atoms with Gasteiger partial charge in [-0.1, -0.05) is 64.0 Å². The second-order valence-electron chi connectivity index (χ2n) is 7.14. The molecule has 5 nitrogen and oxygen atoms in total. The lowest BCUT2D eigenvalue weighted by atomic mass is 10.1. The van der Waals surface area contributed by atoms with E-state index in [1.807, 2.05) is 0 Å². The SMILES string of the molecule is CCCCCC[C@@H](O)C/C=C\CCCCCCCC(=O)OC(O)C(C)O. The van der Waals surface area contributed by atoms with Gasteiger partial charge in [-0.15, -0.1) is 0 Å². The monoisotopic (exact) mass is 372 g/mol. The normalized spacial score (nSPS) is 15.1. The van der Waals surface area contributed by atoms with E-state index < -0.39 is 18.4 Å². The van der Waals surface area contributed by atoms with Crippen molar-refractivity contribution in [3.8, 4) is 0 Å². The van der Waals surface area contributed by atoms with Gasteiger partial charge in [-0.05, 0) is 39.0 Å². The number of aliphatic hydroxyl groups excluding tert-OH is 3. The Morgan fingerprint density at radius 3 is 2.27 bits per heavy atom. The number of aliphatic hydroxyl groups is 3. The molecule has 0 aromatic rings. The highest BCUT2D eigenvalue weighted by atomic mass is 16.6. The Hall–Kier alpha value is -0.910. The molecule has 0 saturated carbocycles. The van der Waals surface area contributed by atoms with E-state index in [0.717, 1.165) is 57.8 Å². The number of esters is 1. The maximum Gasteiger partial charge on any atom is 0.308 e. The fraction of sp³-hybridized carbons (Fsp3) is 0.857. The van der Waals surface area contributed by atoms with Crippen molar-refractivity contribution >= 4 is 5.97 Å². The number of hydrogen-bond acceptors (Lipinski definition) is 5. The molecule has 0 rings (SSSR count). The Labute approximate surface area is 159 Å². The average Bonchev–Trinajstić information content (AvgIpc) is 2.60. The molecule has 0 bridgehead atoms. The van der Waals surface area contributed by atoms with Gasteiger partial charge in [-0.25, -0.2) is 0 Å². The smallest absolute Gasteiger partial charge is 0.308 e. The highest BCUT2D eigenvalue weighted by Crippen LogP contribution is 2.11. The van der Waals surface area contributed by atoms with Crippen molar-refractivity contribution in [3.63, 3.8) is 0 Å². The summed E-state index contributed by atoms with van der Waals surface area (Å²) in [4.78, 5) is 11.4. The van der Waals surface area contributed by atoms with Crippen LogP contribution in [0.3, 0.4) is 0 Å². The van der Waals surface area contributed by atoms with Crippen LogP contribution >= 0.6 is 0 Å². The summed E-state index contributed by atoms with van der Waals surface area (Å²) in [6.07, 6.45) is 14.4. The van der Waals surface area contributed by atoms with E-state index in [1.165, 1.54) is 26.2 Å². The van der Waals surface area contributed by atoms with Gasteiger partial charge in [0.15, 0.2) is 0 Å². The van der Waals surface area contributed by atoms with E-state index in [1.54, 1.807) is 0 Å². The summed E-state index contributed by atoms with van der Waals surface area (Å²) >= 11 is 0. The van der Waals surface area contributed by atoms with Crippen LogP contribution in [0.25, 0.3) is 0 Å². The van der Waals surface area contributed by atoms with Crippen LogP contribution in [0.2, 0.25) is 0 Å². The first-order valence-electron chi connectivity index (χ1n) is 10.4. The van der Waals surface area contributed by atoms with E-state index >= 15 is 0 Å². The van der Waals surface area contributed by atoms with Crippen molar-refractivity contribution in [1.82, 2.24) is 0 Å². The number of carbonyl (C=O) groups excluding carboxylic acids is 1. The third kappa shape index (κ3) is 16.6. The third-order valence-corrected chi connectivity index (χ3v) is 4.38. The minimum atomic E-state index is -1.43. The standard InChI is InChI=1S/C21H40O5/c1-3-4-5-12-15-19(23)16-13-10-8-6-7-9-11-14-17-20(24)26-21(25)18(2)22/h10,13,18-19,21-23,25H,3-9,11-12,14-17H2,1-2H3/b13-10-/t18?,19-,21?/m1/s1. The third-order valence-electron chi connectivity index (χ3n) is 4.38. The lowest BCUT2D eigenvalue weighted by Gasteiger charge is -2.14. The lowest BCUT2D eigenvalue weighted by Crippen LogP contribution is -2.28. The Morgan fingerprint density at radius 1 is 0.923 bits per heavy atom. The zero-order valence-corrected chi connectivity index (χ0v) is 16.7. The van der Waals surface area contributed by atoms with Crippen molar-refractivity contribution in [2.75, 3.05) is 0 Å².